The summed E-state index contributed by atoms with van der Waals surface area (Å²) in [5, 5.41) is 4.49. The highest BCUT2D eigenvalue weighted by Crippen LogP contribution is 2.49. The van der Waals surface area contributed by atoms with Crippen LogP contribution in [0.3, 0.4) is 0 Å². The van der Waals surface area contributed by atoms with Gasteiger partial charge < -0.3 is 17.8 Å². The van der Waals surface area contributed by atoms with Crippen molar-refractivity contribution in [3.05, 3.63) is 89.5 Å². The van der Waals surface area contributed by atoms with Crippen molar-refractivity contribution in [3.8, 4) is 5.69 Å². The molecule has 0 unspecified atom stereocenters. The van der Waals surface area contributed by atoms with Crippen LogP contribution in [-0.4, -0.2) is 4.57 Å². The van der Waals surface area contributed by atoms with Gasteiger partial charge in [0.15, 0.2) is 16.7 Å². The Labute approximate surface area is 240 Å². The highest BCUT2D eigenvalue weighted by molar-refractivity contribution is 7.27. The molecule has 6 aromatic heterocycles. The molecule has 10 rings (SSSR count). The third-order valence-electron chi connectivity index (χ3n) is 8.40. The van der Waals surface area contributed by atoms with Gasteiger partial charge in [-0.3, -0.25) is 0 Å². The van der Waals surface area contributed by atoms with E-state index in [1.54, 1.807) is 22.7 Å². The van der Waals surface area contributed by atoms with Gasteiger partial charge in [0.2, 0.25) is 0 Å². The van der Waals surface area contributed by atoms with Crippen LogP contribution < -0.4 is 0 Å². The van der Waals surface area contributed by atoms with E-state index < -0.39 is 0 Å². The Bertz CT molecular complexity index is 2720. The molecule has 0 fully saturated rings. The van der Waals surface area contributed by atoms with Gasteiger partial charge in [-0.15, -0.1) is 22.7 Å². The first-order valence-corrected chi connectivity index (χ1v) is 15.3. The van der Waals surface area contributed by atoms with Crippen molar-refractivity contribution in [2.75, 3.05) is 0 Å². The van der Waals surface area contributed by atoms with E-state index in [1.165, 1.54) is 37.0 Å². The van der Waals surface area contributed by atoms with Gasteiger partial charge in [-0.2, -0.15) is 0 Å². The second-order valence-electron chi connectivity index (χ2n) is 11.2. The second kappa shape index (κ2) is 7.40. The molecule has 0 aliphatic heterocycles. The zero-order valence-corrected chi connectivity index (χ0v) is 24.0. The largest absolute Gasteiger partial charge is 0.453 e. The van der Waals surface area contributed by atoms with E-state index in [4.69, 9.17) is 13.3 Å². The SMILES string of the molecule is Cc1ccc(-n2c3c4cc5oc6c7oc8cc(C)ccc8c7sc6c5cc4oc3c3sc4cc(C)ccc4c32)cc1. The second-order valence-corrected chi connectivity index (χ2v) is 13.3. The van der Waals surface area contributed by atoms with E-state index in [2.05, 4.69) is 98.1 Å². The van der Waals surface area contributed by atoms with Crippen molar-refractivity contribution in [2.24, 2.45) is 0 Å². The van der Waals surface area contributed by atoms with Gasteiger partial charge in [-0.1, -0.05) is 35.9 Å². The van der Waals surface area contributed by atoms with Crippen molar-refractivity contribution in [1.29, 1.82) is 0 Å². The first-order chi connectivity index (χ1) is 20.0. The number of benzene rings is 4. The molecule has 0 saturated heterocycles. The molecule has 0 bridgehead atoms. The summed E-state index contributed by atoms with van der Waals surface area (Å²) in [4.78, 5) is 0. The van der Waals surface area contributed by atoms with E-state index in [1.807, 2.05) is 0 Å². The van der Waals surface area contributed by atoms with Crippen LogP contribution in [0.25, 0.3) is 90.6 Å². The monoisotopic (exact) mass is 567 g/mol. The average molecular weight is 568 g/mol. The molecule has 0 spiro atoms. The number of rotatable bonds is 1. The molecular formula is C35H21NO3S2. The lowest BCUT2D eigenvalue weighted by molar-refractivity contribution is 0.634. The highest BCUT2D eigenvalue weighted by Gasteiger charge is 2.26. The first-order valence-electron chi connectivity index (χ1n) is 13.7. The number of aryl methyl sites for hydroxylation is 3. The maximum atomic E-state index is 6.75. The molecule has 4 aromatic carbocycles. The molecule has 0 atom stereocenters. The van der Waals surface area contributed by atoms with Crippen LogP contribution in [0.4, 0.5) is 0 Å². The molecule has 196 valence electrons. The van der Waals surface area contributed by atoms with Crippen molar-refractivity contribution < 1.29 is 13.3 Å². The predicted octanol–water partition coefficient (Wildman–Crippen LogP) is 11.5. The fourth-order valence-electron chi connectivity index (χ4n) is 6.44. The molecule has 6 heterocycles. The van der Waals surface area contributed by atoms with Gasteiger partial charge in [-0.05, 0) is 74.4 Å². The van der Waals surface area contributed by atoms with Crippen molar-refractivity contribution in [3.63, 3.8) is 0 Å². The minimum absolute atomic E-state index is 0.814. The minimum Gasteiger partial charge on any atom is -0.453 e. The van der Waals surface area contributed by atoms with E-state index >= 15 is 0 Å². The Hall–Kier alpha value is -4.52. The topological polar surface area (TPSA) is 44.4 Å². The summed E-state index contributed by atoms with van der Waals surface area (Å²) in [5.41, 5.74) is 12.3. The number of hydrogen-bond donors (Lipinski definition) is 0. The lowest BCUT2D eigenvalue weighted by atomic mass is 10.1. The minimum atomic E-state index is 0.814. The molecular weight excluding hydrogens is 547 g/mol. The summed E-state index contributed by atoms with van der Waals surface area (Å²) >= 11 is 3.54. The fourth-order valence-corrected chi connectivity index (χ4v) is 8.91. The molecule has 0 amide bonds. The van der Waals surface area contributed by atoms with Crippen molar-refractivity contribution in [2.45, 2.75) is 20.8 Å². The molecule has 41 heavy (non-hydrogen) atoms. The van der Waals surface area contributed by atoms with Crippen LogP contribution in [0.5, 0.6) is 0 Å². The van der Waals surface area contributed by atoms with Crippen LogP contribution >= 0.6 is 22.7 Å². The number of aromatic nitrogens is 1. The standard InChI is InChI=1S/C35H21NO3S2/c1-16-4-8-19(9-5-16)36-28-22-14-26-23(34-32(39-26)31-33(41-34)20-10-6-17(2)12-24(20)38-31)15-25(22)37-30(28)35-29(36)21-11-7-18(3)13-27(21)40-35/h4-15H,1-3H3. The maximum Gasteiger partial charge on any atom is 0.189 e. The predicted molar refractivity (Wildman–Crippen MR) is 173 cm³/mol. The van der Waals surface area contributed by atoms with E-state index in [0.717, 1.165) is 70.3 Å². The van der Waals surface area contributed by atoms with Gasteiger partial charge in [0.05, 0.1) is 19.6 Å². The molecule has 0 aliphatic rings. The summed E-state index contributed by atoms with van der Waals surface area (Å²) in [6, 6.07) is 26.1. The molecule has 4 nitrogen and oxygen atoms in total. The first kappa shape index (κ1) is 22.2. The normalized spacial score (nSPS) is 12.8. The molecule has 0 N–H and O–H groups in total. The van der Waals surface area contributed by atoms with E-state index in [0.29, 0.717) is 0 Å². The van der Waals surface area contributed by atoms with Gasteiger partial charge in [-0.25, -0.2) is 0 Å². The fraction of sp³-hybridized carbons (Fsp3) is 0.0857. The maximum absolute atomic E-state index is 6.75. The summed E-state index contributed by atoms with van der Waals surface area (Å²) in [5.74, 6) is 0. The third-order valence-corrected chi connectivity index (χ3v) is 10.8. The summed E-state index contributed by atoms with van der Waals surface area (Å²) in [6.07, 6.45) is 0. The summed E-state index contributed by atoms with van der Waals surface area (Å²) in [6.45, 7) is 6.36. The van der Waals surface area contributed by atoms with Crippen LogP contribution in [0.2, 0.25) is 0 Å². The number of hydrogen-bond acceptors (Lipinski definition) is 5. The van der Waals surface area contributed by atoms with Crippen molar-refractivity contribution >= 4 is 108 Å². The summed E-state index contributed by atoms with van der Waals surface area (Å²) < 4.78 is 26.7. The quantitative estimate of drug-likeness (QED) is 0.198. The Morgan fingerprint density at radius 3 is 1.90 bits per heavy atom. The molecule has 6 heteroatoms. The molecule has 0 radical (unpaired) electrons. The Morgan fingerprint density at radius 1 is 0.488 bits per heavy atom. The lowest BCUT2D eigenvalue weighted by Gasteiger charge is -2.08. The molecule has 0 saturated carbocycles. The van der Waals surface area contributed by atoms with Crippen LogP contribution in [0.1, 0.15) is 16.7 Å². The zero-order chi connectivity index (χ0) is 27.1. The van der Waals surface area contributed by atoms with Crippen molar-refractivity contribution in [1.82, 2.24) is 4.57 Å². The molecule has 0 aliphatic carbocycles. The Morgan fingerprint density at radius 2 is 1.10 bits per heavy atom. The number of nitrogens with zero attached hydrogens (tertiary/aromatic N) is 1. The van der Waals surface area contributed by atoms with E-state index in [9.17, 15) is 0 Å². The van der Waals surface area contributed by atoms with Crippen LogP contribution in [-0.2, 0) is 0 Å². The smallest absolute Gasteiger partial charge is 0.189 e. The molecule has 10 aromatic rings. The average Bonchev–Trinajstić information content (AvgIpc) is 3.76. The Kier molecular flexibility index (Phi) is 4.01. The van der Waals surface area contributed by atoms with Gasteiger partial charge in [0.1, 0.15) is 22.3 Å². The number of furan rings is 3. The van der Waals surface area contributed by atoms with Gasteiger partial charge in [0.25, 0.3) is 0 Å². The van der Waals surface area contributed by atoms with Gasteiger partial charge >= 0.3 is 0 Å². The van der Waals surface area contributed by atoms with Gasteiger partial charge in [0, 0.05) is 31.9 Å². The highest BCUT2D eigenvalue weighted by atomic mass is 32.1. The number of fused-ring (bicyclic) bond motifs is 14. The number of thiophene rings is 2. The Balaban J connectivity index is 1.33. The zero-order valence-electron chi connectivity index (χ0n) is 22.4. The summed E-state index contributed by atoms with van der Waals surface area (Å²) in [7, 11) is 0. The van der Waals surface area contributed by atoms with Crippen LogP contribution in [0.15, 0.2) is 86.0 Å². The van der Waals surface area contributed by atoms with E-state index in [-0.39, 0.29) is 0 Å². The van der Waals surface area contributed by atoms with Crippen LogP contribution in [0, 0.1) is 20.8 Å². The lowest BCUT2D eigenvalue weighted by Crippen LogP contribution is -1.93. The third kappa shape index (κ3) is 2.79.